The smallest absolute Gasteiger partial charge is 0.485 e. The predicted molar refractivity (Wildman–Crippen MR) is 125 cm³/mol. The van der Waals surface area contributed by atoms with Gasteiger partial charge in [0.05, 0.1) is 17.3 Å². The number of carbonyl (C=O) groups excluding carboxylic acids is 3. The average molecular weight is 554 g/mol. The third-order valence-corrected chi connectivity index (χ3v) is 6.17. The van der Waals surface area contributed by atoms with E-state index in [4.69, 9.17) is 4.74 Å². The highest BCUT2D eigenvalue weighted by atomic mass is 19.4. The van der Waals surface area contributed by atoms with Gasteiger partial charge in [0.2, 0.25) is 0 Å². The number of likely N-dealkylation sites (tertiary alicyclic amines) is 1. The summed E-state index contributed by atoms with van der Waals surface area (Å²) < 4.78 is 76.4. The van der Waals surface area contributed by atoms with Crippen molar-refractivity contribution >= 4 is 23.6 Å². The molecule has 0 unspecified atom stereocenters. The molecule has 2 aromatic heterocycles. The number of amides is 2. The fraction of sp³-hybridized carbons (Fsp3) is 0.360. The van der Waals surface area contributed by atoms with Crippen LogP contribution in [0.15, 0.2) is 30.5 Å². The highest BCUT2D eigenvalue weighted by Gasteiger charge is 2.44. The van der Waals surface area contributed by atoms with E-state index in [0.717, 1.165) is 17.0 Å². The molecular weight excluding hydrogens is 531 g/mol. The largest absolute Gasteiger partial charge is 0.491 e. The summed E-state index contributed by atoms with van der Waals surface area (Å²) in [5, 5.41) is 2.64. The second-order valence-electron chi connectivity index (χ2n) is 8.96. The molecule has 3 heterocycles. The average Bonchev–Trinajstić information content (AvgIpc) is 3.45. The highest BCUT2D eigenvalue weighted by molar-refractivity contribution is 5.95. The van der Waals surface area contributed by atoms with Crippen LogP contribution in [0.1, 0.15) is 40.2 Å². The van der Waals surface area contributed by atoms with Crippen LogP contribution in [-0.2, 0) is 16.1 Å². The Morgan fingerprint density at radius 1 is 1.15 bits per heavy atom. The molecule has 1 aromatic carbocycles. The van der Waals surface area contributed by atoms with Crippen LogP contribution in [0.5, 0.6) is 5.75 Å². The molecule has 0 aliphatic carbocycles. The number of benzene rings is 1. The normalized spacial score (nSPS) is 15.5. The van der Waals surface area contributed by atoms with Crippen molar-refractivity contribution in [2.24, 2.45) is 0 Å². The van der Waals surface area contributed by atoms with Crippen LogP contribution in [0, 0.1) is 25.5 Å². The van der Waals surface area contributed by atoms with Gasteiger partial charge in [0, 0.05) is 19.3 Å². The molecule has 1 N–H and O–H groups in total. The third-order valence-electron chi connectivity index (χ3n) is 6.17. The van der Waals surface area contributed by atoms with Crippen molar-refractivity contribution in [3.05, 3.63) is 64.6 Å². The van der Waals surface area contributed by atoms with Gasteiger partial charge in [-0.2, -0.15) is 13.2 Å². The minimum atomic E-state index is -5.32. The van der Waals surface area contributed by atoms with Crippen molar-refractivity contribution in [2.75, 3.05) is 13.1 Å². The zero-order chi connectivity index (χ0) is 28.5. The maximum atomic E-state index is 14.0. The number of nitrogens with one attached hydrogen (secondary N) is 1. The Kier molecular flexibility index (Phi) is 7.74. The molecule has 1 saturated heterocycles. The minimum Gasteiger partial charge on any atom is -0.485 e. The molecule has 1 atom stereocenters. The number of pyridine rings is 1. The van der Waals surface area contributed by atoms with Crippen LogP contribution in [-0.4, -0.2) is 57.6 Å². The number of hydrogen-bond donors (Lipinski definition) is 1. The van der Waals surface area contributed by atoms with Crippen molar-refractivity contribution in [3.8, 4) is 5.75 Å². The van der Waals surface area contributed by atoms with E-state index in [2.05, 4.69) is 15.0 Å². The third kappa shape index (κ3) is 5.94. The highest BCUT2D eigenvalue weighted by Crippen LogP contribution is 2.26. The van der Waals surface area contributed by atoms with Gasteiger partial charge in [-0.1, -0.05) is 6.07 Å². The predicted octanol–water partition coefficient (Wildman–Crippen LogP) is 4.23. The lowest BCUT2D eigenvalue weighted by atomic mass is 10.2. The minimum absolute atomic E-state index is 0.0572. The van der Waals surface area contributed by atoms with E-state index in [0.29, 0.717) is 24.1 Å². The van der Waals surface area contributed by atoms with Crippen LogP contribution >= 0.6 is 0 Å². The number of aromatic nitrogens is 2. The summed E-state index contributed by atoms with van der Waals surface area (Å²) in [6.07, 6.45) is -4.34. The number of hydrogen-bond acceptors (Lipinski definition) is 6. The standard InChI is InChI=1S/C25H23F5N4O5/c1-13-9-19(38-12-16-17(26)6-3-7-18(16)27)21-32-14(2)20(34(21)11-13)22(35)31-10-15-5-4-8-33(15)24(37)39-23(36)25(28,29)30/h3,6-7,9,11,15H,4-5,8,10,12H2,1-2H3,(H,31,35)/t15-/m0/s1. The van der Waals surface area contributed by atoms with Crippen molar-refractivity contribution in [3.63, 3.8) is 0 Å². The summed E-state index contributed by atoms with van der Waals surface area (Å²) in [6, 6.07) is 4.35. The molecule has 0 saturated carbocycles. The Hall–Kier alpha value is -4.23. The van der Waals surface area contributed by atoms with Gasteiger partial charge in [0.25, 0.3) is 5.91 Å². The quantitative estimate of drug-likeness (QED) is 0.278. The van der Waals surface area contributed by atoms with Crippen LogP contribution in [0.25, 0.3) is 5.65 Å². The molecule has 1 fully saturated rings. The molecule has 4 rings (SSSR count). The fourth-order valence-corrected chi connectivity index (χ4v) is 4.34. The summed E-state index contributed by atoms with van der Waals surface area (Å²) in [5.74, 6) is -4.58. The fourth-order valence-electron chi connectivity index (χ4n) is 4.34. The van der Waals surface area contributed by atoms with E-state index in [-0.39, 0.29) is 35.7 Å². The van der Waals surface area contributed by atoms with Crippen molar-refractivity contribution < 1.29 is 45.8 Å². The maximum absolute atomic E-state index is 14.0. The van der Waals surface area contributed by atoms with E-state index in [1.165, 1.54) is 10.5 Å². The summed E-state index contributed by atoms with van der Waals surface area (Å²) >= 11 is 0. The second kappa shape index (κ2) is 10.9. The van der Waals surface area contributed by atoms with Crippen LogP contribution in [0.3, 0.4) is 0 Å². The zero-order valence-corrected chi connectivity index (χ0v) is 20.8. The Bertz CT molecular complexity index is 1420. The van der Waals surface area contributed by atoms with E-state index in [9.17, 15) is 36.3 Å². The molecular formula is C25H23F5N4O5. The van der Waals surface area contributed by atoms with Crippen molar-refractivity contribution in [1.29, 1.82) is 0 Å². The number of carbonyl (C=O) groups is 3. The number of fused-ring (bicyclic) bond motifs is 1. The van der Waals surface area contributed by atoms with Crippen LogP contribution < -0.4 is 10.1 Å². The summed E-state index contributed by atoms with van der Waals surface area (Å²) in [6.45, 7) is 2.80. The lowest BCUT2D eigenvalue weighted by molar-refractivity contribution is -0.193. The van der Waals surface area contributed by atoms with Gasteiger partial charge in [0.15, 0.2) is 11.4 Å². The molecule has 14 heteroatoms. The Balaban J connectivity index is 1.49. The number of nitrogens with zero attached hydrogens (tertiary/aromatic N) is 3. The molecule has 2 amide bonds. The topological polar surface area (TPSA) is 102 Å². The number of alkyl halides is 3. The molecule has 1 aliphatic heterocycles. The van der Waals surface area contributed by atoms with E-state index in [1.54, 1.807) is 26.1 Å². The van der Waals surface area contributed by atoms with Gasteiger partial charge < -0.3 is 19.7 Å². The first-order valence-corrected chi connectivity index (χ1v) is 11.8. The monoisotopic (exact) mass is 554 g/mol. The van der Waals surface area contributed by atoms with Crippen molar-refractivity contribution in [1.82, 2.24) is 19.6 Å². The first-order chi connectivity index (χ1) is 18.4. The number of rotatable bonds is 6. The molecule has 39 heavy (non-hydrogen) atoms. The summed E-state index contributed by atoms with van der Waals surface area (Å²) in [7, 11) is 0. The van der Waals surface area contributed by atoms with Crippen LogP contribution in [0.4, 0.5) is 26.7 Å². The molecule has 208 valence electrons. The zero-order valence-electron chi connectivity index (χ0n) is 20.8. The molecule has 3 aromatic rings. The maximum Gasteiger partial charge on any atom is 0.491 e. The molecule has 0 radical (unpaired) electrons. The second-order valence-corrected chi connectivity index (χ2v) is 8.96. The van der Waals surface area contributed by atoms with Gasteiger partial charge in [-0.25, -0.2) is 23.4 Å². The molecule has 0 spiro atoms. The van der Waals surface area contributed by atoms with Gasteiger partial charge in [0.1, 0.15) is 23.9 Å². The SMILES string of the molecule is Cc1cc(OCc2c(F)cccc2F)c2nc(C)c(C(=O)NC[C@@H]3CCCN3C(=O)OC(=O)C(F)(F)F)n2c1. The molecule has 1 aliphatic rings. The number of ether oxygens (including phenoxy) is 2. The van der Waals surface area contributed by atoms with Crippen molar-refractivity contribution in [2.45, 2.75) is 45.5 Å². The van der Waals surface area contributed by atoms with E-state index >= 15 is 0 Å². The number of imidazole rings is 1. The first kappa shape index (κ1) is 27.8. The molecule has 9 nitrogen and oxygen atoms in total. The van der Waals surface area contributed by atoms with Gasteiger partial charge in [-0.3, -0.25) is 9.20 Å². The molecule has 0 bridgehead atoms. The van der Waals surface area contributed by atoms with Gasteiger partial charge in [-0.05, 0) is 50.5 Å². The van der Waals surface area contributed by atoms with Gasteiger partial charge >= 0.3 is 18.2 Å². The number of esters is 1. The number of aryl methyl sites for hydroxylation is 2. The summed E-state index contributed by atoms with van der Waals surface area (Å²) in [5.41, 5.74) is 1.03. The van der Waals surface area contributed by atoms with Crippen LogP contribution in [0.2, 0.25) is 0 Å². The lowest BCUT2D eigenvalue weighted by Crippen LogP contribution is -2.45. The Labute approximate surface area is 218 Å². The first-order valence-electron chi connectivity index (χ1n) is 11.8. The lowest BCUT2D eigenvalue weighted by Gasteiger charge is -2.23. The summed E-state index contributed by atoms with van der Waals surface area (Å²) in [4.78, 5) is 41.6. The van der Waals surface area contributed by atoms with E-state index in [1.807, 2.05) is 0 Å². The number of halogens is 5. The van der Waals surface area contributed by atoms with E-state index < -0.39 is 48.4 Å². The Morgan fingerprint density at radius 2 is 1.85 bits per heavy atom. The Morgan fingerprint density at radius 3 is 2.51 bits per heavy atom. The van der Waals surface area contributed by atoms with Gasteiger partial charge in [-0.15, -0.1) is 0 Å².